The number of ether oxygens (including phenoxy) is 8. The summed E-state index contributed by atoms with van der Waals surface area (Å²) in [5, 5.41) is 0. The monoisotopic (exact) mass is 1570 g/mol. The second kappa shape index (κ2) is 63.7. The Labute approximate surface area is 506 Å². The van der Waals surface area contributed by atoms with Crippen molar-refractivity contribution in [3.8, 4) is 0 Å². The molecule has 0 atom stereocenters. The first-order valence-corrected chi connectivity index (χ1v) is 21.2. The molecule has 0 aliphatic rings. The van der Waals surface area contributed by atoms with E-state index in [-0.39, 0.29) is 41.4 Å². The van der Waals surface area contributed by atoms with E-state index < -0.39 is 151 Å². The molecule has 0 rings (SSSR count). The standard InChI is InChI=1S/2C7H5F11O2.C6H5F9O.C3H4F4O.2C2H4F2O.3C2H5F.6CH3F/c2*1-19-6(15,16)4(11,12)5(13,14)7(17,18)20-3(9,10)2-8;1-16-6(14,15)5(12,13)4(10,11)3(8,9)2-7;4-1-3(6,7)8-2-5;2*3-1-5-2-4;3*1-2-3;6*1-2/h2*2H2,1H3;2H2,1H3;1-2H2;2*1-2H2;3*2H2,1H3;6*1H3. The van der Waals surface area contributed by atoms with Crippen LogP contribution in [0, 0.1) is 0 Å². The highest BCUT2D eigenvalue weighted by Gasteiger charge is 2.85. The van der Waals surface area contributed by atoms with Gasteiger partial charge in [0.15, 0.2) is 61.0 Å². The maximum atomic E-state index is 12.7. The number of hydrogen-bond donors (Lipinski definition) is 0. The summed E-state index contributed by atoms with van der Waals surface area (Å²) in [6.07, 6.45) is -46.9. The van der Waals surface area contributed by atoms with Gasteiger partial charge in [0.2, 0.25) is 0 Å². The Kier molecular flexibility index (Phi) is 85.8. The molecule has 95 heavy (non-hydrogen) atoms. The molecule has 0 N–H and O–H groups in total. The van der Waals surface area contributed by atoms with E-state index in [9.17, 15) is 211 Å². The molecular formula is C39H60F48O8. The van der Waals surface area contributed by atoms with Crippen molar-refractivity contribution in [1.29, 1.82) is 0 Å². The fraction of sp³-hybridized carbons (Fsp3) is 1.00. The first kappa shape index (κ1) is 128. The highest BCUT2D eigenvalue weighted by molar-refractivity contribution is 5.01. The van der Waals surface area contributed by atoms with Gasteiger partial charge in [0.05, 0.1) is 63.1 Å². The van der Waals surface area contributed by atoms with Gasteiger partial charge in [-0.05, 0) is 20.8 Å². The highest BCUT2D eigenvalue weighted by atomic mass is 19.4. The SMILES string of the molecule is CCF.CCF.CCF.CF.CF.CF.CF.CF.CF.COC(F)(F)C(F)(F)C(F)(F)C(F)(F)CF.COC(F)(F)C(F)(F)C(F)(F)C(F)(F)OC(F)(F)CF.COC(F)(F)C(F)(F)C(F)(F)C(F)(F)OC(F)(F)CF.FCOC(F)(F)CF.FCOCF.FCOCF. The predicted octanol–water partition coefficient (Wildman–Crippen LogP) is 20.1. The molecule has 0 aliphatic heterocycles. The van der Waals surface area contributed by atoms with E-state index in [0.29, 0.717) is 43.1 Å². The molecule has 0 unspecified atom stereocenters. The lowest BCUT2D eigenvalue weighted by Gasteiger charge is -2.35. The maximum Gasteiger partial charge on any atom is 0.430 e. The lowest BCUT2D eigenvalue weighted by Crippen LogP contribution is -2.64. The third kappa shape index (κ3) is 50.3. The van der Waals surface area contributed by atoms with Gasteiger partial charge in [-0.25, -0.2) is 49.0 Å². The molecule has 0 amide bonds. The van der Waals surface area contributed by atoms with Crippen molar-refractivity contribution in [3.63, 3.8) is 0 Å². The van der Waals surface area contributed by atoms with Gasteiger partial charge in [-0.2, -0.15) is 132 Å². The highest BCUT2D eigenvalue weighted by Crippen LogP contribution is 2.56. The average molecular weight is 1570 g/mol. The molecular weight excluding hydrogens is 1510 g/mol. The normalized spacial score (nSPS) is 12.0. The molecule has 0 saturated heterocycles. The van der Waals surface area contributed by atoms with Crippen LogP contribution in [0.2, 0.25) is 0 Å². The van der Waals surface area contributed by atoms with Gasteiger partial charge in [0.1, 0.15) is 0 Å². The van der Waals surface area contributed by atoms with Crippen LogP contribution >= 0.6 is 0 Å². The van der Waals surface area contributed by atoms with Crippen molar-refractivity contribution in [1.82, 2.24) is 0 Å². The van der Waals surface area contributed by atoms with Crippen molar-refractivity contribution in [2.24, 2.45) is 0 Å². The Balaban J connectivity index is -0.0000000613. The number of methoxy groups -OCH3 is 3. The zero-order valence-electron chi connectivity index (χ0n) is 49.4. The Morgan fingerprint density at radius 2 is 0.379 bits per heavy atom. The second-order valence-corrected chi connectivity index (χ2v) is 11.9. The summed E-state index contributed by atoms with van der Waals surface area (Å²) in [6, 6.07) is 0. The van der Waals surface area contributed by atoms with E-state index in [1.807, 2.05) is 9.47 Å². The second-order valence-electron chi connectivity index (χ2n) is 11.9. The van der Waals surface area contributed by atoms with Gasteiger partial charge < -0.3 is 23.7 Å². The molecule has 0 bridgehead atoms. The third-order valence-electron chi connectivity index (χ3n) is 6.00. The summed E-state index contributed by atoms with van der Waals surface area (Å²) in [5.74, 6) is -47.2. The van der Waals surface area contributed by atoms with Crippen LogP contribution in [0.5, 0.6) is 0 Å². The lowest BCUT2D eigenvalue weighted by molar-refractivity contribution is -0.491. The minimum absolute atomic E-state index is 0.0857. The van der Waals surface area contributed by atoms with E-state index in [2.05, 4.69) is 28.4 Å². The van der Waals surface area contributed by atoms with Crippen LogP contribution in [0.3, 0.4) is 0 Å². The smallest absolute Gasteiger partial charge is 0.319 e. The molecule has 0 aromatic rings. The largest absolute Gasteiger partial charge is 0.430 e. The first-order valence-electron chi connectivity index (χ1n) is 21.2. The molecule has 0 aromatic carbocycles. The maximum absolute atomic E-state index is 12.7. The van der Waals surface area contributed by atoms with Gasteiger partial charge in [-0.1, -0.05) is 0 Å². The van der Waals surface area contributed by atoms with Gasteiger partial charge in [-0.3, -0.25) is 44.3 Å². The molecule has 0 radical (unpaired) electrons. The van der Waals surface area contributed by atoms with E-state index in [1.165, 1.54) is 20.8 Å². The van der Waals surface area contributed by atoms with Crippen LogP contribution < -0.4 is 0 Å². The third-order valence-corrected chi connectivity index (χ3v) is 6.00. The van der Waals surface area contributed by atoms with Crippen molar-refractivity contribution in [3.05, 3.63) is 0 Å². The van der Waals surface area contributed by atoms with Crippen molar-refractivity contribution in [2.45, 2.75) is 111 Å². The summed E-state index contributed by atoms with van der Waals surface area (Å²) in [5.41, 5.74) is 0. The minimum atomic E-state index is -7.13. The van der Waals surface area contributed by atoms with Gasteiger partial charge >= 0.3 is 90.3 Å². The topological polar surface area (TPSA) is 73.8 Å². The number of alkyl halides is 48. The van der Waals surface area contributed by atoms with Crippen LogP contribution in [0.1, 0.15) is 20.8 Å². The number of halogens is 48. The zero-order valence-corrected chi connectivity index (χ0v) is 49.4. The predicted molar refractivity (Wildman–Crippen MR) is 232 cm³/mol. The Hall–Kier alpha value is -3.68. The Morgan fingerprint density at radius 1 is 0.221 bits per heavy atom. The number of rotatable bonds is 26. The fourth-order valence-corrected chi connectivity index (χ4v) is 2.35. The Morgan fingerprint density at radius 3 is 0.484 bits per heavy atom. The van der Waals surface area contributed by atoms with Crippen LogP contribution in [0.4, 0.5) is 211 Å². The van der Waals surface area contributed by atoms with Crippen LogP contribution in [-0.2, 0) is 37.9 Å². The summed E-state index contributed by atoms with van der Waals surface area (Å²) in [4.78, 5) is 0. The van der Waals surface area contributed by atoms with E-state index >= 15 is 0 Å². The van der Waals surface area contributed by atoms with Gasteiger partial charge in [0, 0.05) is 21.3 Å². The molecule has 600 valence electrons. The van der Waals surface area contributed by atoms with E-state index in [4.69, 9.17) is 0 Å². The number of hydrogen-bond acceptors (Lipinski definition) is 8. The van der Waals surface area contributed by atoms with E-state index in [1.54, 1.807) is 0 Å². The molecule has 0 spiro atoms. The summed E-state index contributed by atoms with van der Waals surface area (Å²) in [7, 11) is 2.47. The average Bonchev–Trinajstić information content (AvgIpc) is 0.762. The Bertz CT molecular complexity index is 1450. The van der Waals surface area contributed by atoms with Gasteiger partial charge in [-0.15, -0.1) is 0 Å². The summed E-state index contributed by atoms with van der Waals surface area (Å²) >= 11 is 0. The molecule has 56 heteroatoms. The molecule has 0 fully saturated rings. The zero-order chi connectivity index (χ0) is 81.6. The molecule has 0 aliphatic carbocycles. The first-order chi connectivity index (χ1) is 42.7. The van der Waals surface area contributed by atoms with Crippen molar-refractivity contribution < 1.29 is 249 Å². The van der Waals surface area contributed by atoms with E-state index in [0.717, 1.165) is 0 Å². The molecule has 8 nitrogen and oxygen atoms in total. The molecule has 0 heterocycles. The van der Waals surface area contributed by atoms with Crippen molar-refractivity contribution >= 4 is 0 Å². The quantitative estimate of drug-likeness (QED) is 0.0793. The fourth-order valence-electron chi connectivity index (χ4n) is 2.35. The molecule has 0 saturated carbocycles. The van der Waals surface area contributed by atoms with Crippen LogP contribution in [0.25, 0.3) is 0 Å². The molecule has 0 aromatic heterocycles. The lowest BCUT2D eigenvalue weighted by atomic mass is 10.0. The van der Waals surface area contributed by atoms with Crippen LogP contribution in [0.15, 0.2) is 0 Å². The summed E-state index contributed by atoms with van der Waals surface area (Å²) < 4.78 is 578. The van der Waals surface area contributed by atoms with Gasteiger partial charge in [0.25, 0.3) is 0 Å². The minimum Gasteiger partial charge on any atom is -0.319 e. The summed E-state index contributed by atoms with van der Waals surface area (Å²) in [6.45, 7) is -13.5. The van der Waals surface area contributed by atoms with Crippen molar-refractivity contribution in [2.75, 3.05) is 145 Å². The van der Waals surface area contributed by atoms with Crippen LogP contribution in [-0.4, -0.2) is 236 Å².